The van der Waals surface area contributed by atoms with Crippen LogP contribution in [0.25, 0.3) is 0 Å². The average Bonchev–Trinajstić information content (AvgIpc) is 2.52. The van der Waals surface area contributed by atoms with Crippen molar-refractivity contribution in [2.24, 2.45) is 0 Å². The zero-order valence-corrected chi connectivity index (χ0v) is 14.7. The van der Waals surface area contributed by atoms with Crippen molar-refractivity contribution in [2.45, 2.75) is 13.3 Å². The van der Waals surface area contributed by atoms with Gasteiger partial charge in [-0.2, -0.15) is 0 Å². The summed E-state index contributed by atoms with van der Waals surface area (Å²) in [5.41, 5.74) is 1.69. The molecule has 0 radical (unpaired) electrons. The molecule has 0 aliphatic heterocycles. The van der Waals surface area contributed by atoms with E-state index in [1.54, 1.807) is 36.4 Å². The summed E-state index contributed by atoms with van der Waals surface area (Å²) in [6, 6.07) is 10.1. The Labute approximate surface area is 149 Å². The monoisotopic (exact) mass is 366 g/mol. The van der Waals surface area contributed by atoms with E-state index in [4.69, 9.17) is 27.9 Å². The molecule has 0 spiro atoms. The largest absolute Gasteiger partial charge is 0.495 e. The van der Waals surface area contributed by atoms with E-state index in [0.717, 1.165) is 5.56 Å². The lowest BCUT2D eigenvalue weighted by Gasteiger charge is -2.12. The number of rotatable bonds is 5. The maximum absolute atomic E-state index is 12.1. The van der Waals surface area contributed by atoms with Gasteiger partial charge in [-0.25, -0.2) is 0 Å². The Bertz CT molecular complexity index is 778. The summed E-state index contributed by atoms with van der Waals surface area (Å²) in [5, 5.41) is 6.17. The molecule has 2 aromatic rings. The van der Waals surface area contributed by atoms with Crippen LogP contribution in [0.2, 0.25) is 10.0 Å². The lowest BCUT2D eigenvalue weighted by Crippen LogP contribution is -2.21. The number of aryl methyl sites for hydroxylation is 1. The van der Waals surface area contributed by atoms with Gasteiger partial charge in [-0.1, -0.05) is 35.3 Å². The lowest BCUT2D eigenvalue weighted by molar-refractivity contribution is -0.123. The van der Waals surface area contributed by atoms with E-state index in [1.165, 1.54) is 7.11 Å². The van der Waals surface area contributed by atoms with Crippen LogP contribution in [0, 0.1) is 6.92 Å². The Morgan fingerprint density at radius 3 is 2.25 bits per heavy atom. The minimum atomic E-state index is -0.473. The summed E-state index contributed by atoms with van der Waals surface area (Å²) in [6.45, 7) is 1.81. The summed E-state index contributed by atoms with van der Waals surface area (Å²) in [7, 11) is 1.47. The predicted octanol–water partition coefficient (Wildman–Crippen LogP) is 4.28. The summed E-state index contributed by atoms with van der Waals surface area (Å²) < 4.78 is 5.18. The lowest BCUT2D eigenvalue weighted by atomic mass is 10.2. The molecule has 0 aromatic heterocycles. The second-order valence-electron chi connectivity index (χ2n) is 5.05. The number of carbonyl (C=O) groups excluding carboxylic acids is 2. The number of benzene rings is 2. The zero-order chi connectivity index (χ0) is 17.7. The first-order chi connectivity index (χ1) is 11.4. The van der Waals surface area contributed by atoms with Gasteiger partial charge in [0.2, 0.25) is 11.8 Å². The fourth-order valence-electron chi connectivity index (χ4n) is 2.03. The number of ether oxygens (including phenoxy) is 1. The summed E-state index contributed by atoms with van der Waals surface area (Å²) >= 11 is 12.0. The quantitative estimate of drug-likeness (QED) is 0.776. The van der Waals surface area contributed by atoms with Gasteiger partial charge in [0.25, 0.3) is 0 Å². The molecule has 5 nitrogen and oxygen atoms in total. The van der Waals surface area contributed by atoms with E-state index >= 15 is 0 Å². The fourth-order valence-corrected chi connectivity index (χ4v) is 2.36. The van der Waals surface area contributed by atoms with Crippen LogP contribution in [0.1, 0.15) is 12.0 Å². The van der Waals surface area contributed by atoms with Gasteiger partial charge in [0.1, 0.15) is 12.2 Å². The van der Waals surface area contributed by atoms with Crippen molar-refractivity contribution in [1.29, 1.82) is 0 Å². The molecule has 2 aromatic carbocycles. The van der Waals surface area contributed by atoms with Crippen LogP contribution in [-0.4, -0.2) is 18.9 Å². The first-order valence-corrected chi connectivity index (χ1v) is 7.84. The Morgan fingerprint density at radius 1 is 1.00 bits per heavy atom. The maximum Gasteiger partial charge on any atom is 0.233 e. The molecule has 0 saturated heterocycles. The molecule has 2 N–H and O–H groups in total. The third kappa shape index (κ3) is 4.63. The number of amides is 2. The number of halogens is 2. The van der Waals surface area contributed by atoms with Gasteiger partial charge in [-0.15, -0.1) is 0 Å². The van der Waals surface area contributed by atoms with Gasteiger partial charge in [0.05, 0.1) is 23.5 Å². The van der Waals surface area contributed by atoms with Gasteiger partial charge < -0.3 is 15.4 Å². The van der Waals surface area contributed by atoms with Crippen LogP contribution in [0.5, 0.6) is 5.75 Å². The van der Waals surface area contributed by atoms with E-state index in [9.17, 15) is 9.59 Å². The van der Waals surface area contributed by atoms with E-state index in [2.05, 4.69) is 10.6 Å². The van der Waals surface area contributed by atoms with Crippen molar-refractivity contribution in [2.75, 3.05) is 17.7 Å². The first kappa shape index (κ1) is 18.1. The van der Waals surface area contributed by atoms with Gasteiger partial charge in [-0.3, -0.25) is 9.59 Å². The third-order valence-corrected chi connectivity index (χ3v) is 3.96. The minimum Gasteiger partial charge on any atom is -0.495 e. The van der Waals surface area contributed by atoms with E-state index in [1.807, 2.05) is 6.92 Å². The molecular weight excluding hydrogens is 351 g/mol. The highest BCUT2D eigenvalue weighted by molar-refractivity contribution is 6.33. The van der Waals surface area contributed by atoms with Gasteiger partial charge in [-0.05, 0) is 30.7 Å². The smallest absolute Gasteiger partial charge is 0.233 e. The van der Waals surface area contributed by atoms with Crippen LogP contribution < -0.4 is 15.4 Å². The molecule has 7 heteroatoms. The molecular formula is C17H16Cl2N2O3. The molecule has 0 aliphatic rings. The highest BCUT2D eigenvalue weighted by Gasteiger charge is 2.14. The second kappa shape index (κ2) is 8.04. The number of methoxy groups -OCH3 is 1. The van der Waals surface area contributed by atoms with Crippen molar-refractivity contribution in [3.05, 3.63) is 52.0 Å². The third-order valence-electron chi connectivity index (χ3n) is 3.22. The van der Waals surface area contributed by atoms with E-state index < -0.39 is 11.8 Å². The second-order valence-corrected chi connectivity index (χ2v) is 5.87. The van der Waals surface area contributed by atoms with Crippen molar-refractivity contribution in [3.63, 3.8) is 0 Å². The van der Waals surface area contributed by atoms with Gasteiger partial charge >= 0.3 is 0 Å². The number of carbonyl (C=O) groups is 2. The SMILES string of the molecule is COc1cc(Cl)c(C)cc1NC(=O)CC(=O)Nc1ccccc1Cl. The molecule has 0 heterocycles. The fraction of sp³-hybridized carbons (Fsp3) is 0.176. The topological polar surface area (TPSA) is 67.4 Å². The van der Waals surface area contributed by atoms with Gasteiger partial charge in [0.15, 0.2) is 0 Å². The number of anilines is 2. The van der Waals surface area contributed by atoms with Crippen LogP contribution in [-0.2, 0) is 9.59 Å². The summed E-state index contributed by atoms with van der Waals surface area (Å²) in [4.78, 5) is 24.0. The number of para-hydroxylation sites is 1. The molecule has 0 bridgehead atoms. The predicted molar refractivity (Wildman–Crippen MR) is 96.1 cm³/mol. The standard InChI is InChI=1S/C17H16Cl2N2O3/c1-10-7-14(15(24-2)8-12(10)19)21-17(23)9-16(22)20-13-6-4-3-5-11(13)18/h3-8H,9H2,1-2H3,(H,20,22)(H,21,23). The molecule has 0 unspecified atom stereocenters. The summed E-state index contributed by atoms with van der Waals surface area (Å²) in [6.07, 6.45) is -0.351. The molecule has 0 atom stereocenters. The maximum atomic E-state index is 12.1. The van der Waals surface area contributed by atoms with E-state index in [-0.39, 0.29) is 6.42 Å². The highest BCUT2D eigenvalue weighted by atomic mass is 35.5. The average molecular weight is 367 g/mol. The minimum absolute atomic E-state index is 0.351. The number of nitrogens with one attached hydrogen (secondary N) is 2. The Morgan fingerprint density at radius 2 is 1.62 bits per heavy atom. The molecule has 24 heavy (non-hydrogen) atoms. The van der Waals surface area contributed by atoms with E-state index in [0.29, 0.717) is 27.2 Å². The Kier molecular flexibility index (Phi) is 6.06. The summed E-state index contributed by atoms with van der Waals surface area (Å²) in [5.74, 6) is -0.518. The zero-order valence-electron chi connectivity index (χ0n) is 13.2. The number of hydrogen-bond donors (Lipinski definition) is 2. The Hall–Kier alpha value is -2.24. The first-order valence-electron chi connectivity index (χ1n) is 7.09. The van der Waals surface area contributed by atoms with Crippen molar-refractivity contribution >= 4 is 46.4 Å². The van der Waals surface area contributed by atoms with Crippen molar-refractivity contribution < 1.29 is 14.3 Å². The van der Waals surface area contributed by atoms with Crippen LogP contribution in [0.4, 0.5) is 11.4 Å². The van der Waals surface area contributed by atoms with Crippen LogP contribution >= 0.6 is 23.2 Å². The molecule has 126 valence electrons. The van der Waals surface area contributed by atoms with Gasteiger partial charge in [0, 0.05) is 11.1 Å². The Balaban J connectivity index is 2.02. The van der Waals surface area contributed by atoms with Crippen LogP contribution in [0.15, 0.2) is 36.4 Å². The van der Waals surface area contributed by atoms with Crippen LogP contribution in [0.3, 0.4) is 0 Å². The molecule has 0 saturated carbocycles. The highest BCUT2D eigenvalue weighted by Crippen LogP contribution is 2.31. The normalized spacial score (nSPS) is 10.2. The molecule has 2 rings (SSSR count). The van der Waals surface area contributed by atoms with Crippen molar-refractivity contribution in [1.82, 2.24) is 0 Å². The molecule has 0 fully saturated rings. The van der Waals surface area contributed by atoms with Crippen molar-refractivity contribution in [3.8, 4) is 5.75 Å². The molecule has 0 aliphatic carbocycles. The molecule has 2 amide bonds. The number of hydrogen-bond acceptors (Lipinski definition) is 3.